The number of aliphatic imine (C=N–C) groups is 1. The molecule has 3 aromatic rings. The maximum absolute atomic E-state index is 9.94. The maximum Gasteiger partial charge on any atom is 0.124 e. The van der Waals surface area contributed by atoms with E-state index in [9.17, 15) is 5.11 Å². The van der Waals surface area contributed by atoms with Crippen LogP contribution in [0, 0.1) is 0 Å². The van der Waals surface area contributed by atoms with E-state index < -0.39 is 0 Å². The largest absolute Gasteiger partial charge is 0.507 e. The smallest absolute Gasteiger partial charge is 0.124 e. The maximum atomic E-state index is 9.94. The quantitative estimate of drug-likeness (QED) is 0.705. The van der Waals surface area contributed by atoms with Crippen molar-refractivity contribution in [1.82, 2.24) is 4.98 Å². The molecule has 0 bridgehead atoms. The van der Waals surface area contributed by atoms with Gasteiger partial charge in [0.15, 0.2) is 0 Å². The SMILES string of the molecule is Oc1ccccc1C=Nc1c2c(nc3ccccc13)CCCC2. The van der Waals surface area contributed by atoms with Crippen LogP contribution < -0.4 is 0 Å². The van der Waals surface area contributed by atoms with Crippen LogP contribution >= 0.6 is 0 Å². The van der Waals surface area contributed by atoms with Gasteiger partial charge in [0.1, 0.15) is 5.75 Å². The molecule has 0 aliphatic heterocycles. The Morgan fingerprint density at radius 1 is 0.957 bits per heavy atom. The van der Waals surface area contributed by atoms with Crippen LogP contribution in [-0.2, 0) is 12.8 Å². The van der Waals surface area contributed by atoms with Crippen molar-refractivity contribution in [2.24, 2.45) is 4.99 Å². The molecule has 0 atom stereocenters. The number of hydrogen-bond donors (Lipinski definition) is 1. The summed E-state index contributed by atoms with van der Waals surface area (Å²) >= 11 is 0. The molecule has 0 fully saturated rings. The van der Waals surface area contributed by atoms with Gasteiger partial charge >= 0.3 is 0 Å². The second kappa shape index (κ2) is 5.84. The number of hydrogen-bond acceptors (Lipinski definition) is 3. The van der Waals surface area contributed by atoms with E-state index in [0.29, 0.717) is 0 Å². The second-order valence-corrected chi connectivity index (χ2v) is 5.93. The molecule has 2 aromatic carbocycles. The Balaban J connectivity index is 1.89. The minimum absolute atomic E-state index is 0.253. The van der Waals surface area contributed by atoms with Crippen LogP contribution in [0.4, 0.5) is 5.69 Å². The lowest BCUT2D eigenvalue weighted by molar-refractivity contribution is 0.474. The van der Waals surface area contributed by atoms with Crippen LogP contribution in [0.3, 0.4) is 0 Å². The van der Waals surface area contributed by atoms with E-state index in [0.717, 1.165) is 35.0 Å². The molecule has 4 rings (SSSR count). The van der Waals surface area contributed by atoms with Gasteiger partial charge in [-0.2, -0.15) is 0 Å². The Hall–Kier alpha value is -2.68. The predicted molar refractivity (Wildman–Crippen MR) is 93.7 cm³/mol. The van der Waals surface area contributed by atoms with E-state index in [1.165, 1.54) is 24.1 Å². The van der Waals surface area contributed by atoms with Crippen LogP contribution in [0.5, 0.6) is 5.75 Å². The molecule has 0 saturated carbocycles. The number of aromatic hydroxyl groups is 1. The van der Waals surface area contributed by atoms with Crippen LogP contribution in [0.15, 0.2) is 53.5 Å². The highest BCUT2D eigenvalue weighted by molar-refractivity contribution is 5.95. The summed E-state index contributed by atoms with van der Waals surface area (Å²) in [5.41, 5.74) is 5.19. The Morgan fingerprint density at radius 2 is 1.74 bits per heavy atom. The topological polar surface area (TPSA) is 45.5 Å². The Kier molecular flexibility index (Phi) is 3.54. The monoisotopic (exact) mass is 302 g/mol. The van der Waals surface area contributed by atoms with Gasteiger partial charge in [-0.3, -0.25) is 9.98 Å². The van der Waals surface area contributed by atoms with Gasteiger partial charge in [-0.05, 0) is 49.4 Å². The first kappa shape index (κ1) is 13.9. The number of phenolic OH excluding ortho intramolecular Hbond substituents is 1. The molecule has 23 heavy (non-hydrogen) atoms. The minimum Gasteiger partial charge on any atom is -0.507 e. The summed E-state index contributed by atoms with van der Waals surface area (Å²) in [6, 6.07) is 15.4. The molecule has 1 N–H and O–H groups in total. The fraction of sp³-hybridized carbons (Fsp3) is 0.200. The molecule has 3 heteroatoms. The van der Waals surface area contributed by atoms with Crippen molar-refractivity contribution in [2.45, 2.75) is 25.7 Å². The molecule has 0 amide bonds. The molecular formula is C20H18N2O. The summed E-state index contributed by atoms with van der Waals surface area (Å²) in [4.78, 5) is 9.58. The first-order valence-corrected chi connectivity index (χ1v) is 8.05. The number of aromatic nitrogens is 1. The lowest BCUT2D eigenvalue weighted by Gasteiger charge is -2.18. The van der Waals surface area contributed by atoms with E-state index in [1.807, 2.05) is 36.4 Å². The zero-order valence-corrected chi connectivity index (χ0v) is 12.9. The van der Waals surface area contributed by atoms with Gasteiger partial charge in [0.25, 0.3) is 0 Å². The van der Waals surface area contributed by atoms with Crippen molar-refractivity contribution in [3.63, 3.8) is 0 Å². The average Bonchev–Trinajstić information content (AvgIpc) is 2.60. The van der Waals surface area contributed by atoms with Crippen molar-refractivity contribution < 1.29 is 5.11 Å². The highest BCUT2D eigenvalue weighted by atomic mass is 16.3. The molecule has 0 radical (unpaired) electrons. The summed E-state index contributed by atoms with van der Waals surface area (Å²) in [7, 11) is 0. The van der Waals surface area contributed by atoms with E-state index in [1.54, 1.807) is 12.3 Å². The lowest BCUT2D eigenvalue weighted by atomic mass is 9.93. The van der Waals surface area contributed by atoms with Crippen molar-refractivity contribution in [3.8, 4) is 5.75 Å². The zero-order chi connectivity index (χ0) is 15.6. The van der Waals surface area contributed by atoms with Crippen molar-refractivity contribution >= 4 is 22.8 Å². The van der Waals surface area contributed by atoms with Crippen molar-refractivity contribution in [2.75, 3.05) is 0 Å². The summed E-state index contributed by atoms with van der Waals surface area (Å²) in [6.45, 7) is 0. The molecule has 0 saturated heterocycles. The Bertz CT molecular complexity index is 899. The highest BCUT2D eigenvalue weighted by Gasteiger charge is 2.17. The van der Waals surface area contributed by atoms with Gasteiger partial charge in [-0.25, -0.2) is 0 Å². The van der Waals surface area contributed by atoms with E-state index in [-0.39, 0.29) is 5.75 Å². The molecule has 1 aliphatic rings. The molecule has 1 aliphatic carbocycles. The third-order valence-corrected chi connectivity index (χ3v) is 4.41. The van der Waals surface area contributed by atoms with Gasteiger partial charge in [-0.15, -0.1) is 0 Å². The summed E-state index contributed by atoms with van der Waals surface area (Å²) in [5, 5.41) is 11.0. The average molecular weight is 302 g/mol. The second-order valence-electron chi connectivity index (χ2n) is 5.93. The van der Waals surface area contributed by atoms with E-state index in [4.69, 9.17) is 9.98 Å². The number of benzene rings is 2. The Morgan fingerprint density at radius 3 is 2.65 bits per heavy atom. The van der Waals surface area contributed by atoms with Gasteiger partial charge in [0, 0.05) is 22.9 Å². The van der Waals surface area contributed by atoms with Crippen LogP contribution in [0.1, 0.15) is 29.7 Å². The number of fused-ring (bicyclic) bond motifs is 2. The van der Waals surface area contributed by atoms with Gasteiger partial charge in [0.2, 0.25) is 0 Å². The number of pyridine rings is 1. The van der Waals surface area contributed by atoms with Crippen LogP contribution in [0.25, 0.3) is 10.9 Å². The summed E-state index contributed by atoms with van der Waals surface area (Å²) in [5.74, 6) is 0.253. The third-order valence-electron chi connectivity index (χ3n) is 4.41. The standard InChI is InChI=1S/C20H18N2O/c23-19-12-6-1-7-14(19)13-21-20-15-8-2-4-10-17(15)22-18-11-5-3-9-16(18)20/h1-2,4,6-8,10,12-13,23H,3,5,9,11H2. The predicted octanol–water partition coefficient (Wildman–Crippen LogP) is 4.57. The van der Waals surface area contributed by atoms with E-state index >= 15 is 0 Å². The highest BCUT2D eigenvalue weighted by Crippen LogP contribution is 2.35. The van der Waals surface area contributed by atoms with Crippen molar-refractivity contribution in [3.05, 3.63) is 65.4 Å². The first-order valence-electron chi connectivity index (χ1n) is 8.05. The molecule has 1 aromatic heterocycles. The molecular weight excluding hydrogens is 284 g/mol. The first-order chi connectivity index (χ1) is 11.3. The number of rotatable bonds is 2. The number of phenols is 1. The van der Waals surface area contributed by atoms with Gasteiger partial charge in [-0.1, -0.05) is 30.3 Å². The molecule has 0 spiro atoms. The summed E-state index contributed by atoms with van der Waals surface area (Å²) in [6.07, 6.45) is 6.19. The third kappa shape index (κ3) is 2.59. The zero-order valence-electron chi connectivity index (χ0n) is 12.9. The Labute approximate surface area is 135 Å². The van der Waals surface area contributed by atoms with E-state index in [2.05, 4.69) is 6.07 Å². The lowest BCUT2D eigenvalue weighted by Crippen LogP contribution is -2.06. The molecule has 3 nitrogen and oxygen atoms in total. The number of nitrogens with zero attached hydrogens (tertiary/aromatic N) is 2. The molecule has 1 heterocycles. The summed E-state index contributed by atoms with van der Waals surface area (Å²) < 4.78 is 0. The molecule has 114 valence electrons. The van der Waals surface area contributed by atoms with Crippen LogP contribution in [0.2, 0.25) is 0 Å². The fourth-order valence-corrected chi connectivity index (χ4v) is 3.23. The van der Waals surface area contributed by atoms with Crippen LogP contribution in [-0.4, -0.2) is 16.3 Å². The van der Waals surface area contributed by atoms with Gasteiger partial charge in [0.05, 0.1) is 11.2 Å². The van der Waals surface area contributed by atoms with Crippen molar-refractivity contribution in [1.29, 1.82) is 0 Å². The fourth-order valence-electron chi connectivity index (χ4n) is 3.23. The number of para-hydroxylation sites is 2. The normalized spacial score (nSPS) is 14.3. The number of aryl methyl sites for hydroxylation is 1. The van der Waals surface area contributed by atoms with Gasteiger partial charge < -0.3 is 5.11 Å². The molecule has 0 unspecified atom stereocenters. The minimum atomic E-state index is 0.253.